The molecule has 1 fully saturated rings. The maximum Gasteiger partial charge on any atom is 0.164 e. The molecule has 0 aromatic rings. The molecule has 0 amide bonds. The summed E-state index contributed by atoms with van der Waals surface area (Å²) in [6.07, 6.45) is 1.33. The number of ether oxygens (including phenoxy) is 1. The number of rotatable bonds is 7. The molecule has 108 valence electrons. The van der Waals surface area contributed by atoms with E-state index in [0.717, 1.165) is 25.4 Å². The lowest BCUT2D eigenvalue weighted by Gasteiger charge is -2.38. The SMILES string of the molecule is COCCNCC(C)N1CCSCC1S(C)(=O)=O. The van der Waals surface area contributed by atoms with Gasteiger partial charge < -0.3 is 10.1 Å². The minimum absolute atomic E-state index is 0.225. The van der Waals surface area contributed by atoms with Crippen LogP contribution in [0.2, 0.25) is 0 Å². The van der Waals surface area contributed by atoms with Crippen molar-refractivity contribution >= 4 is 21.6 Å². The van der Waals surface area contributed by atoms with Crippen LogP contribution in [0.4, 0.5) is 0 Å². The maximum atomic E-state index is 11.8. The molecule has 1 rings (SSSR count). The Labute approximate surface area is 115 Å². The second-order valence-corrected chi connectivity index (χ2v) is 8.00. The monoisotopic (exact) mass is 296 g/mol. The Balaban J connectivity index is 2.50. The van der Waals surface area contributed by atoms with E-state index in [2.05, 4.69) is 17.1 Å². The zero-order chi connectivity index (χ0) is 13.6. The minimum atomic E-state index is -3.00. The van der Waals surface area contributed by atoms with Gasteiger partial charge in [0.2, 0.25) is 0 Å². The predicted molar refractivity (Wildman–Crippen MR) is 76.9 cm³/mol. The van der Waals surface area contributed by atoms with Crippen molar-refractivity contribution in [3.63, 3.8) is 0 Å². The van der Waals surface area contributed by atoms with E-state index in [0.29, 0.717) is 12.4 Å². The molecule has 0 aliphatic carbocycles. The van der Waals surface area contributed by atoms with Crippen molar-refractivity contribution < 1.29 is 13.2 Å². The zero-order valence-electron chi connectivity index (χ0n) is 11.4. The Morgan fingerprint density at radius 2 is 2.28 bits per heavy atom. The summed E-state index contributed by atoms with van der Waals surface area (Å²) in [5, 5.41) is 2.95. The van der Waals surface area contributed by atoms with Gasteiger partial charge in [-0.05, 0) is 6.92 Å². The van der Waals surface area contributed by atoms with Crippen molar-refractivity contribution in [1.82, 2.24) is 10.2 Å². The van der Waals surface area contributed by atoms with E-state index in [1.165, 1.54) is 6.26 Å². The fourth-order valence-electron chi connectivity index (χ4n) is 2.07. The quantitative estimate of drug-likeness (QED) is 0.669. The van der Waals surface area contributed by atoms with Gasteiger partial charge in [0.15, 0.2) is 9.84 Å². The number of nitrogens with one attached hydrogen (secondary N) is 1. The molecular weight excluding hydrogens is 272 g/mol. The summed E-state index contributed by atoms with van der Waals surface area (Å²) in [7, 11) is -1.33. The molecule has 1 N–H and O–H groups in total. The van der Waals surface area contributed by atoms with Crippen LogP contribution in [0.1, 0.15) is 6.92 Å². The van der Waals surface area contributed by atoms with Gasteiger partial charge in [0.1, 0.15) is 5.37 Å². The third-order valence-electron chi connectivity index (χ3n) is 3.11. The average Bonchev–Trinajstić information content (AvgIpc) is 2.33. The third-order valence-corrected chi connectivity index (χ3v) is 5.77. The van der Waals surface area contributed by atoms with Crippen LogP contribution in [0.3, 0.4) is 0 Å². The van der Waals surface area contributed by atoms with Crippen LogP contribution in [0.25, 0.3) is 0 Å². The summed E-state index contributed by atoms with van der Waals surface area (Å²) < 4.78 is 28.5. The van der Waals surface area contributed by atoms with Crippen LogP contribution in [-0.4, -0.2) is 75.8 Å². The summed E-state index contributed by atoms with van der Waals surface area (Å²) in [6, 6.07) is 0.225. The van der Waals surface area contributed by atoms with E-state index < -0.39 is 9.84 Å². The van der Waals surface area contributed by atoms with Crippen molar-refractivity contribution in [3.8, 4) is 0 Å². The van der Waals surface area contributed by atoms with Crippen molar-refractivity contribution in [2.75, 3.05) is 51.1 Å². The second kappa shape index (κ2) is 7.69. The molecule has 18 heavy (non-hydrogen) atoms. The summed E-state index contributed by atoms with van der Waals surface area (Å²) >= 11 is 1.72. The van der Waals surface area contributed by atoms with E-state index in [4.69, 9.17) is 4.74 Å². The molecule has 0 aromatic heterocycles. The van der Waals surface area contributed by atoms with E-state index >= 15 is 0 Å². The second-order valence-electron chi connectivity index (χ2n) is 4.64. The Morgan fingerprint density at radius 3 is 2.89 bits per heavy atom. The molecule has 1 heterocycles. The van der Waals surface area contributed by atoms with Crippen LogP contribution in [0, 0.1) is 0 Å². The summed E-state index contributed by atoms with van der Waals surface area (Å²) in [6.45, 7) is 5.19. The van der Waals surface area contributed by atoms with Crippen molar-refractivity contribution in [2.45, 2.75) is 18.3 Å². The number of thioether (sulfide) groups is 1. The lowest BCUT2D eigenvalue weighted by Crippen LogP contribution is -2.53. The topological polar surface area (TPSA) is 58.6 Å². The van der Waals surface area contributed by atoms with E-state index in [9.17, 15) is 8.42 Å². The molecule has 2 atom stereocenters. The number of hydrogen-bond acceptors (Lipinski definition) is 6. The number of methoxy groups -OCH3 is 1. The van der Waals surface area contributed by atoms with Crippen LogP contribution < -0.4 is 5.32 Å². The van der Waals surface area contributed by atoms with Gasteiger partial charge in [-0.3, -0.25) is 4.90 Å². The normalized spacial score (nSPS) is 24.1. The Bertz CT molecular complexity index is 335. The van der Waals surface area contributed by atoms with Crippen LogP contribution in [0.5, 0.6) is 0 Å². The lowest BCUT2D eigenvalue weighted by molar-refractivity contribution is 0.180. The van der Waals surface area contributed by atoms with Gasteiger partial charge >= 0.3 is 0 Å². The van der Waals surface area contributed by atoms with E-state index in [-0.39, 0.29) is 11.4 Å². The molecule has 2 unspecified atom stereocenters. The number of nitrogens with zero attached hydrogens (tertiary/aromatic N) is 1. The van der Waals surface area contributed by atoms with Gasteiger partial charge in [-0.25, -0.2) is 8.42 Å². The molecule has 7 heteroatoms. The van der Waals surface area contributed by atoms with Crippen LogP contribution >= 0.6 is 11.8 Å². The standard InChI is InChI=1S/C11H24N2O3S2/c1-10(8-12-4-6-16-2)13-5-7-17-9-11(13)18(3,14)15/h10-12H,4-9H2,1-3H3. The maximum absolute atomic E-state index is 11.8. The fraction of sp³-hybridized carbons (Fsp3) is 1.00. The molecule has 0 spiro atoms. The largest absolute Gasteiger partial charge is 0.383 e. The Hall–Kier alpha value is 0.180. The molecule has 1 saturated heterocycles. The first-order chi connectivity index (χ1) is 8.46. The predicted octanol–water partition coefficient (Wildman–Crippen LogP) is 0.0304. The van der Waals surface area contributed by atoms with Gasteiger partial charge in [0.05, 0.1) is 6.61 Å². The van der Waals surface area contributed by atoms with E-state index in [1.807, 2.05) is 0 Å². The van der Waals surface area contributed by atoms with Crippen molar-refractivity contribution in [1.29, 1.82) is 0 Å². The number of sulfone groups is 1. The summed E-state index contributed by atoms with van der Waals surface area (Å²) in [5.74, 6) is 1.69. The van der Waals surface area contributed by atoms with Crippen molar-refractivity contribution in [3.05, 3.63) is 0 Å². The molecule has 5 nitrogen and oxygen atoms in total. The highest BCUT2D eigenvalue weighted by molar-refractivity contribution is 8.00. The summed E-state index contributed by atoms with van der Waals surface area (Å²) in [5.41, 5.74) is 0. The van der Waals surface area contributed by atoms with E-state index in [1.54, 1.807) is 18.9 Å². The lowest BCUT2D eigenvalue weighted by atomic mass is 10.2. The molecule has 0 radical (unpaired) electrons. The molecule has 1 aliphatic rings. The average molecular weight is 296 g/mol. The molecular formula is C11H24N2O3S2. The van der Waals surface area contributed by atoms with Crippen LogP contribution in [-0.2, 0) is 14.6 Å². The summed E-state index contributed by atoms with van der Waals surface area (Å²) in [4.78, 5) is 2.10. The van der Waals surface area contributed by atoms with Gasteiger partial charge in [0, 0.05) is 50.5 Å². The molecule has 1 aliphatic heterocycles. The zero-order valence-corrected chi connectivity index (χ0v) is 13.0. The highest BCUT2D eigenvalue weighted by atomic mass is 32.2. The number of hydrogen-bond donors (Lipinski definition) is 1. The molecule has 0 bridgehead atoms. The first kappa shape index (κ1) is 16.2. The highest BCUT2D eigenvalue weighted by Crippen LogP contribution is 2.22. The molecule has 0 saturated carbocycles. The van der Waals surface area contributed by atoms with Crippen molar-refractivity contribution in [2.24, 2.45) is 0 Å². The molecule has 0 aromatic carbocycles. The Kier molecular flexibility index (Phi) is 6.94. The minimum Gasteiger partial charge on any atom is -0.383 e. The van der Waals surface area contributed by atoms with Gasteiger partial charge in [-0.1, -0.05) is 0 Å². The Morgan fingerprint density at radius 1 is 1.56 bits per heavy atom. The van der Waals surface area contributed by atoms with Gasteiger partial charge in [0.25, 0.3) is 0 Å². The van der Waals surface area contributed by atoms with Gasteiger partial charge in [-0.15, -0.1) is 0 Å². The van der Waals surface area contributed by atoms with Gasteiger partial charge in [-0.2, -0.15) is 11.8 Å². The third kappa shape index (κ3) is 5.05. The smallest absolute Gasteiger partial charge is 0.164 e. The first-order valence-corrected chi connectivity index (χ1v) is 9.29. The fourth-order valence-corrected chi connectivity index (χ4v) is 5.05. The first-order valence-electron chi connectivity index (χ1n) is 6.19. The van der Waals surface area contributed by atoms with Crippen LogP contribution in [0.15, 0.2) is 0 Å². The highest BCUT2D eigenvalue weighted by Gasteiger charge is 2.33.